The first-order chi connectivity index (χ1) is 14.0. The summed E-state index contributed by atoms with van der Waals surface area (Å²) in [4.78, 5) is 41.9. The van der Waals surface area contributed by atoms with E-state index in [0.29, 0.717) is 16.8 Å². The Morgan fingerprint density at radius 1 is 1.07 bits per heavy atom. The number of anilines is 1. The molecule has 3 rings (SSSR count). The van der Waals surface area contributed by atoms with Crippen molar-refractivity contribution in [2.24, 2.45) is 0 Å². The number of allylic oxidation sites excluding steroid dienone is 1. The van der Waals surface area contributed by atoms with Gasteiger partial charge >= 0.3 is 6.03 Å². The van der Waals surface area contributed by atoms with Gasteiger partial charge in [0.05, 0.1) is 11.1 Å². The minimum absolute atomic E-state index is 0.00369. The number of hydrogen-bond donors (Lipinski definition) is 0. The van der Waals surface area contributed by atoms with E-state index < -0.39 is 23.7 Å². The summed E-state index contributed by atoms with van der Waals surface area (Å²) in [6.07, 6.45) is 4.56. The Bertz CT molecular complexity index is 950. The molecule has 0 unspecified atom stereocenters. The van der Waals surface area contributed by atoms with E-state index in [9.17, 15) is 18.8 Å². The first-order valence-corrected chi connectivity index (χ1v) is 9.04. The Hall–Kier alpha value is -3.74. The van der Waals surface area contributed by atoms with E-state index in [4.69, 9.17) is 0 Å². The third kappa shape index (κ3) is 3.94. The molecule has 0 radical (unpaired) electrons. The molecule has 148 valence electrons. The zero-order valence-corrected chi connectivity index (χ0v) is 15.9. The van der Waals surface area contributed by atoms with Crippen LogP contribution < -0.4 is 4.90 Å². The zero-order chi connectivity index (χ0) is 21.0. The SMILES string of the molecule is C=CN(/C=C\C)C(=O)N(CCN1C(=O)c2ccccc2C1=O)c1ccc(F)cc1. The fourth-order valence-electron chi connectivity index (χ4n) is 3.10. The number of halogens is 1. The monoisotopic (exact) mass is 393 g/mol. The Morgan fingerprint density at radius 3 is 2.17 bits per heavy atom. The third-order valence-electron chi connectivity index (χ3n) is 4.52. The molecule has 7 heteroatoms. The predicted molar refractivity (Wildman–Crippen MR) is 108 cm³/mol. The van der Waals surface area contributed by atoms with Crippen LogP contribution in [-0.4, -0.2) is 40.7 Å². The second kappa shape index (κ2) is 8.52. The first-order valence-electron chi connectivity index (χ1n) is 9.04. The number of carbonyl (C=O) groups excluding carboxylic acids is 3. The third-order valence-corrected chi connectivity index (χ3v) is 4.52. The molecule has 1 aliphatic heterocycles. The average Bonchev–Trinajstić information content (AvgIpc) is 2.98. The molecule has 0 aliphatic carbocycles. The van der Waals surface area contributed by atoms with Gasteiger partial charge in [0.25, 0.3) is 11.8 Å². The van der Waals surface area contributed by atoms with Crippen LogP contribution in [0.15, 0.2) is 73.6 Å². The van der Waals surface area contributed by atoms with Gasteiger partial charge in [-0.1, -0.05) is 24.8 Å². The summed E-state index contributed by atoms with van der Waals surface area (Å²) in [5.41, 5.74) is 1.13. The lowest BCUT2D eigenvalue weighted by Gasteiger charge is -2.28. The lowest BCUT2D eigenvalue weighted by Crippen LogP contribution is -2.44. The van der Waals surface area contributed by atoms with Gasteiger partial charge in [0.1, 0.15) is 5.82 Å². The Morgan fingerprint density at radius 2 is 1.66 bits per heavy atom. The highest BCUT2D eigenvalue weighted by Gasteiger charge is 2.35. The van der Waals surface area contributed by atoms with Gasteiger partial charge in [-0.25, -0.2) is 9.18 Å². The number of carbonyl (C=O) groups is 3. The Labute approximate surface area is 168 Å². The molecule has 6 nitrogen and oxygen atoms in total. The molecular weight excluding hydrogens is 373 g/mol. The Balaban J connectivity index is 1.85. The van der Waals surface area contributed by atoms with Crippen LogP contribution in [0.25, 0.3) is 0 Å². The second-order valence-electron chi connectivity index (χ2n) is 6.29. The van der Waals surface area contributed by atoms with Gasteiger partial charge in [-0.3, -0.25) is 24.3 Å². The summed E-state index contributed by atoms with van der Waals surface area (Å²) in [7, 11) is 0. The molecule has 0 fully saturated rings. The van der Waals surface area contributed by atoms with Crippen molar-refractivity contribution in [1.82, 2.24) is 9.80 Å². The van der Waals surface area contributed by atoms with Crippen molar-refractivity contribution < 1.29 is 18.8 Å². The van der Waals surface area contributed by atoms with Gasteiger partial charge < -0.3 is 0 Å². The Kier molecular flexibility index (Phi) is 5.87. The van der Waals surface area contributed by atoms with Crippen LogP contribution in [0.5, 0.6) is 0 Å². The van der Waals surface area contributed by atoms with Crippen molar-refractivity contribution in [3.8, 4) is 0 Å². The highest BCUT2D eigenvalue weighted by molar-refractivity contribution is 6.21. The maximum Gasteiger partial charge on any atom is 0.332 e. The van der Waals surface area contributed by atoms with Crippen molar-refractivity contribution in [3.05, 3.63) is 90.5 Å². The van der Waals surface area contributed by atoms with Gasteiger partial charge in [-0.15, -0.1) is 0 Å². The maximum atomic E-state index is 13.3. The molecule has 0 aromatic heterocycles. The molecule has 0 saturated carbocycles. The number of nitrogens with zero attached hydrogens (tertiary/aromatic N) is 3. The van der Waals surface area contributed by atoms with E-state index in [0.717, 1.165) is 4.90 Å². The molecule has 0 bridgehead atoms. The van der Waals surface area contributed by atoms with Gasteiger partial charge in [-0.2, -0.15) is 0 Å². The smallest absolute Gasteiger partial charge is 0.292 e. The van der Waals surface area contributed by atoms with Crippen LogP contribution in [0.4, 0.5) is 14.9 Å². The summed E-state index contributed by atoms with van der Waals surface area (Å²) in [6, 6.07) is 11.6. The van der Waals surface area contributed by atoms with Gasteiger partial charge in [0.2, 0.25) is 0 Å². The standard InChI is InChI=1S/C22H20FN3O3/c1-3-13-24(4-2)22(29)25(17-11-9-16(23)10-12-17)14-15-26-20(27)18-7-5-6-8-19(18)21(26)28/h3-13H,2,14-15H2,1H3/b13-3-. The van der Waals surface area contributed by atoms with Crippen LogP contribution >= 0.6 is 0 Å². The topological polar surface area (TPSA) is 60.9 Å². The van der Waals surface area contributed by atoms with Crippen LogP contribution in [-0.2, 0) is 0 Å². The van der Waals surface area contributed by atoms with Crippen LogP contribution in [0, 0.1) is 5.82 Å². The molecule has 29 heavy (non-hydrogen) atoms. The number of fused-ring (bicyclic) bond motifs is 1. The van der Waals surface area contributed by atoms with Crippen molar-refractivity contribution in [2.45, 2.75) is 6.92 Å². The van der Waals surface area contributed by atoms with Gasteiger partial charge in [0, 0.05) is 31.2 Å². The largest absolute Gasteiger partial charge is 0.332 e. The second-order valence-corrected chi connectivity index (χ2v) is 6.29. The highest BCUT2D eigenvalue weighted by atomic mass is 19.1. The van der Waals surface area contributed by atoms with Crippen molar-refractivity contribution >= 4 is 23.5 Å². The van der Waals surface area contributed by atoms with Crippen molar-refractivity contribution in [1.29, 1.82) is 0 Å². The molecule has 1 heterocycles. The van der Waals surface area contributed by atoms with E-state index in [2.05, 4.69) is 6.58 Å². The molecule has 0 N–H and O–H groups in total. The van der Waals surface area contributed by atoms with Gasteiger partial charge in [0.15, 0.2) is 0 Å². The predicted octanol–water partition coefficient (Wildman–Crippen LogP) is 4.03. The molecule has 0 saturated heterocycles. The lowest BCUT2D eigenvalue weighted by molar-refractivity contribution is 0.0658. The number of benzene rings is 2. The highest BCUT2D eigenvalue weighted by Crippen LogP contribution is 2.23. The molecule has 2 aromatic rings. The summed E-state index contributed by atoms with van der Waals surface area (Å²) < 4.78 is 13.3. The summed E-state index contributed by atoms with van der Waals surface area (Å²) in [6.45, 7) is 5.42. The molecule has 0 spiro atoms. The van der Waals surface area contributed by atoms with E-state index in [1.54, 1.807) is 37.3 Å². The van der Waals surface area contributed by atoms with E-state index in [1.165, 1.54) is 46.5 Å². The fraction of sp³-hybridized carbons (Fsp3) is 0.136. The first kappa shape index (κ1) is 20.0. The van der Waals surface area contributed by atoms with Gasteiger partial charge in [-0.05, 0) is 43.3 Å². The normalized spacial score (nSPS) is 13.0. The molecule has 1 aliphatic rings. The minimum Gasteiger partial charge on any atom is -0.292 e. The summed E-state index contributed by atoms with van der Waals surface area (Å²) >= 11 is 0. The van der Waals surface area contributed by atoms with Crippen LogP contribution in [0.1, 0.15) is 27.6 Å². The number of hydrogen-bond acceptors (Lipinski definition) is 3. The lowest BCUT2D eigenvalue weighted by atomic mass is 10.1. The maximum absolute atomic E-state index is 13.3. The zero-order valence-electron chi connectivity index (χ0n) is 15.9. The minimum atomic E-state index is -0.443. The molecule has 0 atom stereocenters. The van der Waals surface area contributed by atoms with Crippen LogP contribution in [0.3, 0.4) is 0 Å². The number of rotatable bonds is 6. The molecule has 2 aromatic carbocycles. The number of urea groups is 1. The van der Waals surface area contributed by atoms with E-state index in [1.807, 2.05) is 0 Å². The van der Waals surface area contributed by atoms with Crippen molar-refractivity contribution in [2.75, 3.05) is 18.0 Å². The summed E-state index contributed by atoms with van der Waals surface area (Å²) in [5, 5.41) is 0. The summed E-state index contributed by atoms with van der Waals surface area (Å²) in [5.74, 6) is -1.23. The molecule has 4 amide bonds. The molecular formula is C22H20FN3O3. The quantitative estimate of drug-likeness (QED) is 0.697. The van der Waals surface area contributed by atoms with E-state index in [-0.39, 0.29) is 13.1 Å². The number of imide groups is 1. The fourth-order valence-corrected chi connectivity index (χ4v) is 3.10. The van der Waals surface area contributed by atoms with E-state index >= 15 is 0 Å². The number of amides is 4. The van der Waals surface area contributed by atoms with Crippen LogP contribution in [0.2, 0.25) is 0 Å². The average molecular weight is 393 g/mol. The van der Waals surface area contributed by atoms with Crippen molar-refractivity contribution in [3.63, 3.8) is 0 Å².